The minimum atomic E-state index is -4.62. The summed E-state index contributed by atoms with van der Waals surface area (Å²) >= 11 is 0. The first kappa shape index (κ1) is 15.2. The third-order valence-corrected chi connectivity index (χ3v) is 2.78. The van der Waals surface area contributed by atoms with Crippen LogP contribution in [0.25, 0.3) is 0 Å². The van der Waals surface area contributed by atoms with Gasteiger partial charge in [-0.15, -0.1) is 0 Å². The summed E-state index contributed by atoms with van der Waals surface area (Å²) in [6.07, 6.45) is 0. The van der Waals surface area contributed by atoms with E-state index in [-0.39, 0.29) is 13.2 Å². The van der Waals surface area contributed by atoms with Crippen LogP contribution in [0.5, 0.6) is 0 Å². The van der Waals surface area contributed by atoms with Gasteiger partial charge in [0, 0.05) is 0 Å². The molecule has 0 rings (SSSR count). The summed E-state index contributed by atoms with van der Waals surface area (Å²) in [4.78, 5) is 0. The average molecular weight is 238 g/mol. The van der Waals surface area contributed by atoms with E-state index in [4.69, 9.17) is 19.3 Å². The number of hydrogen-bond acceptors (Lipinski definition) is 6. The van der Waals surface area contributed by atoms with Crippen molar-refractivity contribution in [3.8, 4) is 0 Å². The van der Waals surface area contributed by atoms with Gasteiger partial charge in [0.15, 0.2) is 0 Å². The lowest BCUT2D eigenvalue weighted by Crippen LogP contribution is -2.13. The Hall–Kier alpha value is -0.260. The molecule has 0 saturated carbocycles. The van der Waals surface area contributed by atoms with Crippen molar-refractivity contribution in [2.45, 2.75) is 0 Å². The second kappa shape index (κ2) is 6.23. The molecule has 0 atom stereocenters. The Morgan fingerprint density at radius 3 is 1.00 bits per heavy atom. The maximum Gasteiger partial charge on any atom is 0.281 e. The fourth-order valence-corrected chi connectivity index (χ4v) is 1.69. The first-order valence-electron chi connectivity index (χ1n) is 2.74. The quantitative estimate of drug-likeness (QED) is 0.400. The third kappa shape index (κ3) is 24.5. The maximum absolute atomic E-state index is 9.66. The van der Waals surface area contributed by atoms with Gasteiger partial charge in [-0.2, -0.15) is 16.8 Å². The molecule has 0 fully saturated rings. The van der Waals surface area contributed by atoms with Crippen LogP contribution in [0.15, 0.2) is 0 Å². The molecule has 0 unspecified atom stereocenters. The van der Waals surface area contributed by atoms with Crippen molar-refractivity contribution in [2.75, 3.05) is 18.3 Å². The monoisotopic (exact) mass is 238 g/mol. The van der Waals surface area contributed by atoms with Crippen LogP contribution in [0.3, 0.4) is 0 Å². The second-order valence-electron chi connectivity index (χ2n) is 1.73. The molecule has 0 aliphatic carbocycles. The molecule has 0 amide bonds. The third-order valence-electron chi connectivity index (χ3n) is 0.398. The lowest BCUT2D eigenvalue weighted by atomic mass is 10.8. The van der Waals surface area contributed by atoms with Gasteiger partial charge in [-0.05, 0) is 0 Å². The largest absolute Gasteiger partial charge is 0.394 e. The standard InChI is InChI=1S/C2H6O2.CH4O6S2/c3-1-2-4;2-8(3,4)1-9(5,6)7/h3-4H,1-2H2;1H2,(H,2,3,4)(H,5,6,7). The summed E-state index contributed by atoms with van der Waals surface area (Å²) in [6.45, 7) is -0.250. The van der Waals surface area contributed by atoms with E-state index in [1.54, 1.807) is 0 Å². The molecule has 0 spiro atoms. The molecule has 0 bridgehead atoms. The second-order valence-corrected chi connectivity index (χ2v) is 5.00. The highest BCUT2D eigenvalue weighted by atomic mass is 32.3. The van der Waals surface area contributed by atoms with E-state index in [9.17, 15) is 16.8 Å². The topological polar surface area (TPSA) is 149 Å². The molecule has 13 heavy (non-hydrogen) atoms. The van der Waals surface area contributed by atoms with Crippen molar-refractivity contribution in [3.05, 3.63) is 0 Å². The normalized spacial score (nSPS) is 11.7. The smallest absolute Gasteiger partial charge is 0.281 e. The molecule has 0 radical (unpaired) electrons. The van der Waals surface area contributed by atoms with E-state index >= 15 is 0 Å². The van der Waals surface area contributed by atoms with Crippen molar-refractivity contribution >= 4 is 20.2 Å². The fraction of sp³-hybridized carbons (Fsp3) is 1.00. The van der Waals surface area contributed by atoms with Gasteiger partial charge in [0.25, 0.3) is 20.2 Å². The van der Waals surface area contributed by atoms with Crippen LogP contribution in [0.4, 0.5) is 0 Å². The van der Waals surface area contributed by atoms with Gasteiger partial charge in [-0.25, -0.2) is 0 Å². The van der Waals surface area contributed by atoms with Crippen LogP contribution < -0.4 is 0 Å². The maximum atomic E-state index is 9.66. The van der Waals surface area contributed by atoms with Crippen molar-refractivity contribution in [2.24, 2.45) is 0 Å². The molecular weight excluding hydrogens is 228 g/mol. The Kier molecular flexibility index (Phi) is 7.30. The van der Waals surface area contributed by atoms with E-state index in [1.165, 1.54) is 0 Å². The molecule has 0 aromatic heterocycles. The molecule has 82 valence electrons. The fourth-order valence-electron chi connectivity index (χ4n) is 0.188. The van der Waals surface area contributed by atoms with Crippen LogP contribution >= 0.6 is 0 Å². The average Bonchev–Trinajstić information content (AvgIpc) is 1.80. The highest BCUT2D eigenvalue weighted by Gasteiger charge is 2.15. The minimum absolute atomic E-state index is 0.125. The summed E-state index contributed by atoms with van der Waals surface area (Å²) in [5, 5.41) is 13.6. The van der Waals surface area contributed by atoms with Gasteiger partial charge in [0.1, 0.15) is 0 Å². The summed E-state index contributed by atoms with van der Waals surface area (Å²) in [5.74, 6) is 0. The molecular formula is C3H10O8S2. The Morgan fingerprint density at radius 2 is 1.00 bits per heavy atom. The predicted octanol–water partition coefficient (Wildman–Crippen LogP) is -2.31. The summed E-state index contributed by atoms with van der Waals surface area (Å²) in [5.41, 5.74) is 0. The first-order valence-corrected chi connectivity index (χ1v) is 5.96. The molecule has 0 aromatic carbocycles. The van der Waals surface area contributed by atoms with E-state index in [1.807, 2.05) is 0 Å². The minimum Gasteiger partial charge on any atom is -0.394 e. The molecule has 0 aliphatic heterocycles. The predicted molar refractivity (Wildman–Crippen MR) is 42.1 cm³/mol. The molecule has 4 N–H and O–H groups in total. The lowest BCUT2D eigenvalue weighted by Gasteiger charge is -1.89. The first-order chi connectivity index (χ1) is 5.62. The van der Waals surface area contributed by atoms with Crippen LogP contribution in [0.1, 0.15) is 0 Å². The Bertz CT molecular complexity index is 266. The highest BCUT2D eigenvalue weighted by molar-refractivity contribution is 8.02. The Labute approximate surface area is 75.3 Å². The van der Waals surface area contributed by atoms with Crippen LogP contribution in [-0.4, -0.2) is 54.5 Å². The Balaban J connectivity index is 0. The number of rotatable bonds is 3. The van der Waals surface area contributed by atoms with Crippen molar-refractivity contribution in [1.29, 1.82) is 0 Å². The van der Waals surface area contributed by atoms with Crippen LogP contribution in [-0.2, 0) is 20.2 Å². The molecule has 10 heteroatoms. The van der Waals surface area contributed by atoms with Gasteiger partial charge in [-0.3, -0.25) is 9.11 Å². The number of aliphatic hydroxyl groups excluding tert-OH is 2. The van der Waals surface area contributed by atoms with E-state index < -0.39 is 25.3 Å². The van der Waals surface area contributed by atoms with Crippen LogP contribution in [0, 0.1) is 0 Å². The summed E-state index contributed by atoms with van der Waals surface area (Å²) in [7, 11) is -9.24. The van der Waals surface area contributed by atoms with E-state index in [2.05, 4.69) is 0 Å². The van der Waals surface area contributed by atoms with Gasteiger partial charge >= 0.3 is 0 Å². The molecule has 0 aliphatic rings. The van der Waals surface area contributed by atoms with Gasteiger partial charge < -0.3 is 10.2 Å². The zero-order chi connectivity index (χ0) is 11.1. The number of hydrogen-bond donors (Lipinski definition) is 4. The molecule has 0 heterocycles. The highest BCUT2D eigenvalue weighted by Crippen LogP contribution is 1.88. The molecule has 0 saturated heterocycles. The SMILES string of the molecule is O=S(=O)(O)CS(=O)(=O)O.OCCO. The van der Waals surface area contributed by atoms with E-state index in [0.717, 1.165) is 0 Å². The van der Waals surface area contributed by atoms with Crippen molar-refractivity contribution in [3.63, 3.8) is 0 Å². The summed E-state index contributed by atoms with van der Waals surface area (Å²) in [6, 6.07) is 0. The molecule has 0 aromatic rings. The lowest BCUT2D eigenvalue weighted by molar-refractivity contribution is 0.186. The van der Waals surface area contributed by atoms with Crippen molar-refractivity contribution < 1.29 is 36.2 Å². The van der Waals surface area contributed by atoms with Gasteiger partial charge in [0.05, 0.1) is 13.2 Å². The van der Waals surface area contributed by atoms with Gasteiger partial charge in [-0.1, -0.05) is 0 Å². The van der Waals surface area contributed by atoms with Gasteiger partial charge in [0.2, 0.25) is 5.08 Å². The Morgan fingerprint density at radius 1 is 0.769 bits per heavy atom. The molecule has 8 nitrogen and oxygen atoms in total. The summed E-state index contributed by atoms with van der Waals surface area (Å²) < 4.78 is 54.2. The number of aliphatic hydroxyl groups is 2. The van der Waals surface area contributed by atoms with E-state index in [0.29, 0.717) is 0 Å². The zero-order valence-electron chi connectivity index (χ0n) is 6.36. The van der Waals surface area contributed by atoms with Crippen LogP contribution in [0.2, 0.25) is 0 Å². The van der Waals surface area contributed by atoms with Crippen molar-refractivity contribution in [1.82, 2.24) is 0 Å². The zero-order valence-corrected chi connectivity index (χ0v) is 7.99.